The quantitative estimate of drug-likeness (QED) is 0.342. The maximum Gasteiger partial charge on any atom is 0.328 e. The molecular formula is C13H13N3O5. The predicted molar refractivity (Wildman–Crippen MR) is 73.5 cm³/mol. The summed E-state index contributed by atoms with van der Waals surface area (Å²) in [6.45, 7) is 1.77. The monoisotopic (exact) mass is 291 g/mol. The molecule has 0 N–H and O–H groups in total. The molecule has 0 spiro atoms. The Balaban J connectivity index is 2.99. The zero-order valence-electron chi connectivity index (χ0n) is 11.5. The number of nitro groups is 1. The van der Waals surface area contributed by atoms with Gasteiger partial charge in [0, 0.05) is 12.3 Å². The third kappa shape index (κ3) is 4.28. The number of ether oxygens (including phenoxy) is 2. The summed E-state index contributed by atoms with van der Waals surface area (Å²) in [4.78, 5) is 25.6. The minimum atomic E-state index is -1.16. The van der Waals surface area contributed by atoms with E-state index in [0.29, 0.717) is 0 Å². The lowest BCUT2D eigenvalue weighted by Gasteiger charge is -2.04. The summed E-state index contributed by atoms with van der Waals surface area (Å²) in [6, 6.07) is 5.78. The van der Waals surface area contributed by atoms with Crippen LogP contribution in [0.1, 0.15) is 6.92 Å². The zero-order chi connectivity index (χ0) is 15.8. The summed E-state index contributed by atoms with van der Waals surface area (Å²) >= 11 is 0. The number of carbonyl (C=O) groups excluding carboxylic acids is 1. The molecule has 0 bridgehead atoms. The van der Waals surface area contributed by atoms with Crippen LogP contribution in [0.25, 0.3) is 0 Å². The van der Waals surface area contributed by atoms with Crippen molar-refractivity contribution in [2.24, 2.45) is 10.9 Å². The molecule has 0 aromatic heterocycles. The van der Waals surface area contributed by atoms with Crippen LogP contribution in [0, 0.1) is 27.4 Å². The van der Waals surface area contributed by atoms with E-state index in [1.165, 1.54) is 25.3 Å². The molecule has 1 rings (SSSR count). The molecule has 1 atom stereocenters. The van der Waals surface area contributed by atoms with E-state index in [1.54, 1.807) is 13.0 Å². The van der Waals surface area contributed by atoms with E-state index in [4.69, 9.17) is 14.7 Å². The number of rotatable bonds is 6. The molecule has 1 unspecified atom stereocenters. The highest BCUT2D eigenvalue weighted by Gasteiger charge is 2.18. The Kier molecular flexibility index (Phi) is 5.82. The lowest BCUT2D eigenvalue weighted by Crippen LogP contribution is -2.17. The number of hydrogen-bond donors (Lipinski definition) is 0. The highest BCUT2D eigenvalue weighted by molar-refractivity contribution is 5.93. The molecule has 0 saturated heterocycles. The molecule has 0 heterocycles. The summed E-state index contributed by atoms with van der Waals surface area (Å²) in [6.07, 6.45) is 1.09. The van der Waals surface area contributed by atoms with E-state index >= 15 is 0 Å². The summed E-state index contributed by atoms with van der Waals surface area (Å²) in [5, 5.41) is 19.7. The molecule has 21 heavy (non-hydrogen) atoms. The van der Waals surface area contributed by atoms with Crippen molar-refractivity contribution in [2.75, 3.05) is 13.7 Å². The van der Waals surface area contributed by atoms with E-state index in [2.05, 4.69) is 4.99 Å². The fourth-order valence-corrected chi connectivity index (χ4v) is 1.44. The number of nitriles is 1. The number of carbonyl (C=O) groups is 1. The molecule has 0 saturated carbocycles. The van der Waals surface area contributed by atoms with Crippen LogP contribution < -0.4 is 4.74 Å². The van der Waals surface area contributed by atoms with Gasteiger partial charge in [0.2, 0.25) is 0 Å². The second-order valence-corrected chi connectivity index (χ2v) is 3.75. The van der Waals surface area contributed by atoms with Crippen molar-refractivity contribution in [2.45, 2.75) is 6.92 Å². The van der Waals surface area contributed by atoms with Crippen LogP contribution in [-0.2, 0) is 9.53 Å². The SMILES string of the molecule is CCOC(=O)C(C#N)C=Nc1ccc(OC)c([N+](=O)[O-])c1. The van der Waals surface area contributed by atoms with E-state index in [-0.39, 0.29) is 23.7 Å². The average molecular weight is 291 g/mol. The van der Waals surface area contributed by atoms with Crippen molar-refractivity contribution in [1.29, 1.82) is 5.26 Å². The number of esters is 1. The molecule has 0 fully saturated rings. The Morgan fingerprint density at radius 3 is 2.86 bits per heavy atom. The highest BCUT2D eigenvalue weighted by Crippen LogP contribution is 2.30. The fraction of sp³-hybridized carbons (Fsp3) is 0.308. The Hall–Kier alpha value is -2.95. The van der Waals surface area contributed by atoms with Crippen LogP contribution >= 0.6 is 0 Å². The van der Waals surface area contributed by atoms with E-state index < -0.39 is 16.8 Å². The zero-order valence-corrected chi connectivity index (χ0v) is 11.5. The van der Waals surface area contributed by atoms with E-state index in [0.717, 1.165) is 6.21 Å². The lowest BCUT2D eigenvalue weighted by atomic mass is 10.2. The molecule has 0 radical (unpaired) electrons. The first-order valence-electron chi connectivity index (χ1n) is 5.96. The lowest BCUT2D eigenvalue weighted by molar-refractivity contribution is -0.385. The Labute approximate surface area is 120 Å². The van der Waals surface area contributed by atoms with Crippen molar-refractivity contribution < 1.29 is 19.2 Å². The van der Waals surface area contributed by atoms with Gasteiger partial charge in [-0.3, -0.25) is 19.9 Å². The second kappa shape index (κ2) is 7.59. The molecule has 0 aliphatic rings. The van der Waals surface area contributed by atoms with Crippen molar-refractivity contribution in [1.82, 2.24) is 0 Å². The van der Waals surface area contributed by atoms with Crippen molar-refractivity contribution >= 4 is 23.6 Å². The summed E-state index contributed by atoms with van der Waals surface area (Å²) < 4.78 is 9.56. The first-order chi connectivity index (χ1) is 10.0. The van der Waals surface area contributed by atoms with Crippen LogP contribution in [-0.4, -0.2) is 30.8 Å². The van der Waals surface area contributed by atoms with Gasteiger partial charge in [0.1, 0.15) is 0 Å². The van der Waals surface area contributed by atoms with Gasteiger partial charge in [-0.25, -0.2) is 0 Å². The number of methoxy groups -OCH3 is 1. The van der Waals surface area contributed by atoms with Crippen LogP contribution in [0.15, 0.2) is 23.2 Å². The first-order valence-corrected chi connectivity index (χ1v) is 5.96. The van der Waals surface area contributed by atoms with Crippen LogP contribution in [0.2, 0.25) is 0 Å². The molecule has 1 aromatic rings. The van der Waals surface area contributed by atoms with Crippen LogP contribution in [0.5, 0.6) is 5.75 Å². The van der Waals surface area contributed by atoms with E-state index in [1.807, 2.05) is 0 Å². The minimum Gasteiger partial charge on any atom is -0.490 e. The molecule has 0 amide bonds. The predicted octanol–water partition coefficient (Wildman–Crippen LogP) is 2.01. The highest BCUT2D eigenvalue weighted by atomic mass is 16.6. The molecule has 8 heteroatoms. The van der Waals surface area contributed by atoms with Gasteiger partial charge in [-0.15, -0.1) is 0 Å². The van der Waals surface area contributed by atoms with Gasteiger partial charge in [0.15, 0.2) is 11.7 Å². The van der Waals surface area contributed by atoms with Crippen molar-refractivity contribution in [3.05, 3.63) is 28.3 Å². The van der Waals surface area contributed by atoms with Crippen LogP contribution in [0.3, 0.4) is 0 Å². The summed E-state index contributed by atoms with van der Waals surface area (Å²) in [7, 11) is 1.32. The largest absolute Gasteiger partial charge is 0.490 e. The molecule has 1 aromatic carbocycles. The Bertz CT molecular complexity index is 606. The third-order valence-electron chi connectivity index (χ3n) is 2.41. The summed E-state index contributed by atoms with van der Waals surface area (Å²) in [5.74, 6) is -1.78. The molecular weight excluding hydrogens is 278 g/mol. The number of aliphatic imine (C=N–C) groups is 1. The maximum atomic E-state index is 11.4. The minimum absolute atomic E-state index is 0.0983. The number of hydrogen-bond acceptors (Lipinski definition) is 7. The van der Waals surface area contributed by atoms with Gasteiger partial charge in [0.05, 0.1) is 30.4 Å². The van der Waals surface area contributed by atoms with Crippen LogP contribution in [0.4, 0.5) is 11.4 Å². The van der Waals surface area contributed by atoms with Gasteiger partial charge in [-0.05, 0) is 19.1 Å². The second-order valence-electron chi connectivity index (χ2n) is 3.75. The molecule has 8 nitrogen and oxygen atoms in total. The first kappa shape index (κ1) is 16.1. The third-order valence-corrected chi connectivity index (χ3v) is 2.41. The van der Waals surface area contributed by atoms with E-state index in [9.17, 15) is 14.9 Å². The van der Waals surface area contributed by atoms with Crippen molar-refractivity contribution in [3.63, 3.8) is 0 Å². The Morgan fingerprint density at radius 1 is 1.62 bits per heavy atom. The smallest absolute Gasteiger partial charge is 0.328 e. The number of nitro benzene ring substituents is 1. The number of benzene rings is 1. The van der Waals surface area contributed by atoms with Gasteiger partial charge in [-0.2, -0.15) is 5.26 Å². The topological polar surface area (TPSA) is 115 Å². The van der Waals surface area contributed by atoms with Gasteiger partial charge in [-0.1, -0.05) is 0 Å². The maximum absolute atomic E-state index is 11.4. The molecule has 110 valence electrons. The van der Waals surface area contributed by atoms with Gasteiger partial charge in [0.25, 0.3) is 0 Å². The van der Waals surface area contributed by atoms with Crippen molar-refractivity contribution in [3.8, 4) is 11.8 Å². The molecule has 0 aliphatic carbocycles. The fourth-order valence-electron chi connectivity index (χ4n) is 1.44. The molecule has 0 aliphatic heterocycles. The van der Waals surface area contributed by atoms with Gasteiger partial charge >= 0.3 is 11.7 Å². The van der Waals surface area contributed by atoms with Gasteiger partial charge < -0.3 is 9.47 Å². The number of nitrogens with zero attached hydrogens (tertiary/aromatic N) is 3. The standard InChI is InChI=1S/C13H13N3O5/c1-3-21-13(17)9(7-14)8-15-10-4-5-12(20-2)11(6-10)16(18)19/h4-6,8-9H,3H2,1-2H3. The Morgan fingerprint density at radius 2 is 2.33 bits per heavy atom. The summed E-state index contributed by atoms with van der Waals surface area (Å²) in [5.41, 5.74) is -0.0242. The normalized spacial score (nSPS) is 11.7. The average Bonchev–Trinajstić information content (AvgIpc) is 2.47.